The second kappa shape index (κ2) is 4.77. The molecule has 0 saturated heterocycles. The molecule has 0 aliphatic rings. The lowest BCUT2D eigenvalue weighted by Crippen LogP contribution is -2.08. The Kier molecular flexibility index (Phi) is 3.13. The molecule has 1 unspecified atom stereocenters. The van der Waals surface area contributed by atoms with Crippen molar-refractivity contribution in [2.75, 3.05) is 5.33 Å². The average molecular weight is 302 g/mol. The highest BCUT2D eigenvalue weighted by Crippen LogP contribution is 2.29. The molecule has 1 atom stereocenters. The summed E-state index contributed by atoms with van der Waals surface area (Å²) in [5.41, 5.74) is 2.68. The molecule has 0 aliphatic heterocycles. The van der Waals surface area contributed by atoms with Crippen molar-refractivity contribution < 1.29 is 0 Å². The zero-order valence-electron chi connectivity index (χ0n) is 10.4. The minimum atomic E-state index is 0.629. The Hall–Kier alpha value is -1.28. The number of halogens is 1. The Morgan fingerprint density at radius 2 is 1.44 bits per heavy atom. The molecule has 2 aromatic carbocycles. The summed E-state index contributed by atoms with van der Waals surface area (Å²) in [6.45, 7) is 3.33. The predicted molar refractivity (Wildman–Crippen MR) is 82.4 cm³/mol. The fourth-order valence-electron chi connectivity index (χ4n) is 2.56. The van der Waals surface area contributed by atoms with Crippen LogP contribution >= 0.6 is 15.9 Å². The molecule has 0 aliphatic carbocycles. The summed E-state index contributed by atoms with van der Waals surface area (Å²) in [5.74, 6) is 0.629. The molecule has 3 rings (SSSR count). The van der Waals surface area contributed by atoms with Gasteiger partial charge in [0.2, 0.25) is 0 Å². The maximum absolute atomic E-state index is 3.58. The molecule has 0 amide bonds. The van der Waals surface area contributed by atoms with Crippen molar-refractivity contribution in [1.29, 1.82) is 0 Å². The largest absolute Gasteiger partial charge is 0.340 e. The fourth-order valence-corrected chi connectivity index (χ4v) is 2.77. The highest BCUT2D eigenvalue weighted by molar-refractivity contribution is 9.09. The maximum atomic E-state index is 3.58. The smallest absolute Gasteiger partial charge is 0.0491 e. The minimum Gasteiger partial charge on any atom is -0.340 e. The van der Waals surface area contributed by atoms with Gasteiger partial charge in [-0.15, -0.1) is 0 Å². The van der Waals surface area contributed by atoms with E-state index in [9.17, 15) is 0 Å². The molecule has 1 nitrogen and oxygen atoms in total. The fraction of sp³-hybridized carbons (Fsp3) is 0.250. The van der Waals surface area contributed by atoms with Gasteiger partial charge in [-0.2, -0.15) is 0 Å². The van der Waals surface area contributed by atoms with Crippen LogP contribution in [-0.4, -0.2) is 9.90 Å². The van der Waals surface area contributed by atoms with Crippen LogP contribution < -0.4 is 0 Å². The van der Waals surface area contributed by atoms with Crippen LogP contribution in [0.2, 0.25) is 0 Å². The zero-order valence-corrected chi connectivity index (χ0v) is 12.0. The van der Waals surface area contributed by atoms with Gasteiger partial charge in [-0.3, -0.25) is 0 Å². The van der Waals surface area contributed by atoms with E-state index in [4.69, 9.17) is 0 Å². The molecule has 2 heteroatoms. The van der Waals surface area contributed by atoms with Crippen LogP contribution in [0.1, 0.15) is 6.92 Å². The number of para-hydroxylation sites is 2. The molecule has 18 heavy (non-hydrogen) atoms. The molecule has 0 spiro atoms. The Morgan fingerprint density at radius 1 is 0.944 bits per heavy atom. The van der Waals surface area contributed by atoms with Crippen molar-refractivity contribution in [1.82, 2.24) is 4.57 Å². The third-order valence-electron chi connectivity index (χ3n) is 3.44. The molecule has 0 radical (unpaired) electrons. The second-order valence-corrected chi connectivity index (χ2v) is 5.55. The van der Waals surface area contributed by atoms with Gasteiger partial charge < -0.3 is 4.57 Å². The van der Waals surface area contributed by atoms with Gasteiger partial charge in [0, 0.05) is 33.7 Å². The molecule has 0 saturated carbocycles. The number of fused-ring (bicyclic) bond motifs is 3. The van der Waals surface area contributed by atoms with Crippen LogP contribution in [0.3, 0.4) is 0 Å². The first-order valence-electron chi connectivity index (χ1n) is 6.33. The molecule has 0 bridgehead atoms. The van der Waals surface area contributed by atoms with Gasteiger partial charge in [0.1, 0.15) is 0 Å². The quantitative estimate of drug-likeness (QED) is 0.611. The molecule has 1 aromatic heterocycles. The standard InChI is InChI=1S/C16H16BrN/c1-12(10-17)11-18-15-8-4-2-6-13(15)14-7-3-5-9-16(14)18/h2-9,12H,10-11H2,1H3. The number of rotatable bonds is 3. The van der Waals surface area contributed by atoms with Gasteiger partial charge in [0.15, 0.2) is 0 Å². The molecule has 3 aromatic rings. The summed E-state index contributed by atoms with van der Waals surface area (Å²) in [6, 6.07) is 17.3. The Balaban J connectivity index is 2.31. The van der Waals surface area contributed by atoms with Crippen LogP contribution in [-0.2, 0) is 6.54 Å². The number of nitrogens with zero attached hydrogens (tertiary/aromatic N) is 1. The SMILES string of the molecule is CC(CBr)Cn1c2ccccc2c2ccccc21. The van der Waals surface area contributed by atoms with E-state index in [0.717, 1.165) is 11.9 Å². The van der Waals surface area contributed by atoms with Crippen LogP contribution in [0.15, 0.2) is 48.5 Å². The van der Waals surface area contributed by atoms with E-state index >= 15 is 0 Å². The summed E-state index contributed by atoms with van der Waals surface area (Å²) >= 11 is 3.58. The number of hydrogen-bond donors (Lipinski definition) is 0. The normalized spacial score (nSPS) is 13.2. The molecule has 0 fully saturated rings. The molecule has 92 valence electrons. The van der Waals surface area contributed by atoms with Crippen molar-refractivity contribution in [3.8, 4) is 0 Å². The Bertz CT molecular complexity index is 630. The summed E-state index contributed by atoms with van der Waals surface area (Å²) in [7, 11) is 0. The first-order chi connectivity index (χ1) is 8.81. The summed E-state index contributed by atoms with van der Waals surface area (Å²) in [4.78, 5) is 0. The minimum absolute atomic E-state index is 0.629. The van der Waals surface area contributed by atoms with Crippen molar-refractivity contribution in [2.24, 2.45) is 5.92 Å². The van der Waals surface area contributed by atoms with Crippen molar-refractivity contribution in [3.05, 3.63) is 48.5 Å². The van der Waals surface area contributed by atoms with Gasteiger partial charge in [-0.05, 0) is 18.1 Å². The van der Waals surface area contributed by atoms with E-state index in [1.807, 2.05) is 0 Å². The number of hydrogen-bond acceptors (Lipinski definition) is 0. The van der Waals surface area contributed by atoms with Crippen molar-refractivity contribution in [3.63, 3.8) is 0 Å². The first-order valence-corrected chi connectivity index (χ1v) is 7.45. The molecule has 0 N–H and O–H groups in total. The van der Waals surface area contributed by atoms with E-state index < -0.39 is 0 Å². The topological polar surface area (TPSA) is 4.93 Å². The van der Waals surface area contributed by atoms with Gasteiger partial charge in [-0.25, -0.2) is 0 Å². The van der Waals surface area contributed by atoms with Gasteiger partial charge in [-0.1, -0.05) is 59.3 Å². The lowest BCUT2D eigenvalue weighted by molar-refractivity contribution is 0.557. The number of alkyl halides is 1. The van der Waals surface area contributed by atoms with Crippen LogP contribution in [0.4, 0.5) is 0 Å². The van der Waals surface area contributed by atoms with E-state index in [0.29, 0.717) is 5.92 Å². The number of benzene rings is 2. The highest BCUT2D eigenvalue weighted by atomic mass is 79.9. The summed E-state index contributed by atoms with van der Waals surface area (Å²) < 4.78 is 2.44. The van der Waals surface area contributed by atoms with Crippen LogP contribution in [0, 0.1) is 5.92 Å². The summed E-state index contributed by atoms with van der Waals surface area (Å²) in [5, 5.41) is 3.75. The number of aromatic nitrogens is 1. The molecule has 1 heterocycles. The third kappa shape index (κ3) is 1.85. The van der Waals surface area contributed by atoms with Gasteiger partial charge in [0.05, 0.1) is 0 Å². The van der Waals surface area contributed by atoms with Gasteiger partial charge in [0.25, 0.3) is 0 Å². The Labute approximate surface area is 116 Å². The maximum Gasteiger partial charge on any atom is 0.0491 e. The van der Waals surface area contributed by atoms with E-state index in [1.165, 1.54) is 21.8 Å². The van der Waals surface area contributed by atoms with E-state index in [1.54, 1.807) is 0 Å². The highest BCUT2D eigenvalue weighted by Gasteiger charge is 2.11. The summed E-state index contributed by atoms with van der Waals surface area (Å²) in [6.07, 6.45) is 0. The predicted octanol–water partition coefficient (Wildman–Crippen LogP) is 4.83. The first kappa shape index (κ1) is 11.8. The third-order valence-corrected chi connectivity index (χ3v) is 4.54. The van der Waals surface area contributed by atoms with Crippen LogP contribution in [0.25, 0.3) is 21.8 Å². The molecular formula is C16H16BrN. The molecular weight excluding hydrogens is 286 g/mol. The van der Waals surface area contributed by atoms with Gasteiger partial charge >= 0.3 is 0 Å². The van der Waals surface area contributed by atoms with Crippen LogP contribution in [0.5, 0.6) is 0 Å². The van der Waals surface area contributed by atoms with Crippen molar-refractivity contribution >= 4 is 37.7 Å². The van der Waals surface area contributed by atoms with Crippen molar-refractivity contribution in [2.45, 2.75) is 13.5 Å². The monoisotopic (exact) mass is 301 g/mol. The van der Waals surface area contributed by atoms with E-state index in [2.05, 4.69) is 76.0 Å². The lowest BCUT2D eigenvalue weighted by atomic mass is 10.2. The zero-order chi connectivity index (χ0) is 12.5. The lowest BCUT2D eigenvalue weighted by Gasteiger charge is -2.11. The second-order valence-electron chi connectivity index (χ2n) is 4.90. The Morgan fingerprint density at radius 3 is 1.94 bits per heavy atom. The average Bonchev–Trinajstić information content (AvgIpc) is 2.74. The van der Waals surface area contributed by atoms with E-state index in [-0.39, 0.29) is 0 Å².